The van der Waals surface area contributed by atoms with Crippen molar-refractivity contribution in [3.63, 3.8) is 0 Å². The zero-order valence-corrected chi connectivity index (χ0v) is 31.4. The number of fused-ring (bicyclic) bond motifs is 1. The molecule has 0 unspecified atom stereocenters. The van der Waals surface area contributed by atoms with Crippen molar-refractivity contribution in [1.29, 1.82) is 0 Å². The molecule has 0 radical (unpaired) electrons. The second-order valence-corrected chi connectivity index (χ2v) is 13.4. The Morgan fingerprint density at radius 2 is 0.821 bits per heavy atom. The van der Waals surface area contributed by atoms with Crippen molar-refractivity contribution in [1.82, 2.24) is 9.80 Å². The second kappa shape index (κ2) is 15.3. The predicted molar refractivity (Wildman–Crippen MR) is 223 cm³/mol. The molecule has 2 aliphatic rings. The quantitative estimate of drug-likeness (QED) is 0.117. The van der Waals surface area contributed by atoms with Crippen molar-refractivity contribution in [3.8, 4) is 5.75 Å². The Labute approximate surface area is 326 Å². The topological polar surface area (TPSA) is 73.4 Å². The molecule has 0 saturated carbocycles. The van der Waals surface area contributed by atoms with Crippen LogP contribution in [0.4, 0.5) is 34.1 Å². The van der Waals surface area contributed by atoms with Gasteiger partial charge in [0.05, 0.1) is 29.7 Å². The number of hydrogen-bond acceptors (Lipinski definition) is 6. The Balaban J connectivity index is 1.19. The molecule has 0 aromatic heterocycles. The van der Waals surface area contributed by atoms with Gasteiger partial charge in [0.15, 0.2) is 0 Å². The average Bonchev–Trinajstić information content (AvgIpc) is 3.72. The summed E-state index contributed by atoms with van der Waals surface area (Å²) in [5, 5.41) is 0. The lowest BCUT2D eigenvalue weighted by Crippen LogP contribution is -2.29. The molecule has 2 heterocycles. The molecular formula is C48H40N4O4. The highest BCUT2D eigenvalue weighted by atomic mass is 16.5. The van der Waals surface area contributed by atoms with Crippen molar-refractivity contribution in [2.75, 3.05) is 30.0 Å². The van der Waals surface area contributed by atoms with Crippen LogP contribution in [0.5, 0.6) is 5.75 Å². The monoisotopic (exact) mass is 736 g/mol. The van der Waals surface area contributed by atoms with Crippen molar-refractivity contribution in [2.24, 2.45) is 0 Å². The molecular weight excluding hydrogens is 697 g/mol. The molecule has 0 atom stereocenters. The van der Waals surface area contributed by atoms with Crippen LogP contribution in [0.15, 0.2) is 169 Å². The van der Waals surface area contributed by atoms with Gasteiger partial charge in [0.2, 0.25) is 0 Å². The number of nitrogens with zero attached hydrogens (tertiary/aromatic N) is 4. The summed E-state index contributed by atoms with van der Waals surface area (Å²) in [6, 6.07) is 51.5. The summed E-state index contributed by atoms with van der Waals surface area (Å²) >= 11 is 0. The molecule has 276 valence electrons. The van der Waals surface area contributed by atoms with Crippen LogP contribution < -0.4 is 14.5 Å². The second-order valence-electron chi connectivity index (χ2n) is 13.4. The van der Waals surface area contributed by atoms with E-state index >= 15 is 0 Å². The molecule has 0 saturated heterocycles. The predicted octanol–water partition coefficient (Wildman–Crippen LogP) is 10.3. The fourth-order valence-electron chi connectivity index (χ4n) is 7.62. The highest BCUT2D eigenvalue weighted by Gasteiger charge is 2.48. The van der Waals surface area contributed by atoms with E-state index in [1.54, 1.807) is 29.0 Å². The van der Waals surface area contributed by atoms with Crippen LogP contribution >= 0.6 is 0 Å². The van der Waals surface area contributed by atoms with Crippen LogP contribution in [0, 0.1) is 0 Å². The molecule has 0 N–H and O–H groups in total. The summed E-state index contributed by atoms with van der Waals surface area (Å²) in [4.78, 5) is 47.8. The minimum Gasteiger partial charge on any atom is -0.497 e. The maximum absolute atomic E-state index is 14.4. The Kier molecular flexibility index (Phi) is 9.77. The number of aldehydes is 1. The molecule has 0 fully saturated rings. The SMILES string of the molecule is CCN1C(=O)C2=C(c3ccc(N(c4ccccc4)c4ccc(OC)cc4)cc3)N(CC)C(=O)C2=C1c1ccc(N(c2ccccc2)c2ccc(C=O)cc2)cc1. The molecule has 0 aliphatic carbocycles. The van der Waals surface area contributed by atoms with Crippen molar-refractivity contribution < 1.29 is 19.1 Å². The molecule has 6 aromatic rings. The van der Waals surface area contributed by atoms with E-state index in [-0.39, 0.29) is 11.8 Å². The number of benzene rings is 6. The molecule has 0 bridgehead atoms. The van der Waals surface area contributed by atoms with Gasteiger partial charge in [-0.1, -0.05) is 60.7 Å². The largest absolute Gasteiger partial charge is 0.497 e. The van der Waals surface area contributed by atoms with Crippen LogP contribution in [-0.2, 0) is 9.59 Å². The zero-order chi connectivity index (χ0) is 38.8. The maximum Gasteiger partial charge on any atom is 0.261 e. The van der Waals surface area contributed by atoms with E-state index in [0.29, 0.717) is 41.2 Å². The van der Waals surface area contributed by atoms with Gasteiger partial charge in [-0.3, -0.25) is 14.4 Å². The van der Waals surface area contributed by atoms with Gasteiger partial charge in [-0.15, -0.1) is 0 Å². The van der Waals surface area contributed by atoms with Crippen LogP contribution in [0.3, 0.4) is 0 Å². The van der Waals surface area contributed by atoms with Crippen molar-refractivity contribution in [2.45, 2.75) is 13.8 Å². The summed E-state index contributed by atoms with van der Waals surface area (Å²) < 4.78 is 5.41. The summed E-state index contributed by atoms with van der Waals surface area (Å²) in [5.41, 5.74) is 9.88. The van der Waals surface area contributed by atoms with Gasteiger partial charge in [0.25, 0.3) is 11.8 Å². The van der Waals surface area contributed by atoms with Gasteiger partial charge in [-0.25, -0.2) is 0 Å². The smallest absolute Gasteiger partial charge is 0.261 e. The number of ether oxygens (including phenoxy) is 1. The van der Waals surface area contributed by atoms with E-state index in [4.69, 9.17) is 4.74 Å². The number of methoxy groups -OCH3 is 1. The van der Waals surface area contributed by atoms with Crippen molar-refractivity contribution in [3.05, 3.63) is 186 Å². The third-order valence-corrected chi connectivity index (χ3v) is 10.3. The highest BCUT2D eigenvalue weighted by molar-refractivity contribution is 6.30. The number of rotatable bonds is 12. The molecule has 0 spiro atoms. The first-order chi connectivity index (χ1) is 27.4. The maximum atomic E-state index is 14.4. The van der Waals surface area contributed by atoms with Gasteiger partial charge in [0.1, 0.15) is 12.0 Å². The summed E-state index contributed by atoms with van der Waals surface area (Å²) in [7, 11) is 1.65. The van der Waals surface area contributed by atoms with Crippen LogP contribution in [0.1, 0.15) is 35.3 Å². The Hall–Kier alpha value is -7.19. The summed E-state index contributed by atoms with van der Waals surface area (Å²) in [6.45, 7) is 4.68. The number of hydrogen-bond donors (Lipinski definition) is 0. The number of likely N-dealkylation sites (N-methyl/N-ethyl adjacent to an activating group) is 2. The minimum atomic E-state index is -0.185. The molecule has 8 rings (SSSR count). The van der Waals surface area contributed by atoms with Crippen molar-refractivity contribution >= 4 is 63.6 Å². The van der Waals surface area contributed by atoms with E-state index in [1.165, 1.54) is 0 Å². The molecule has 2 aliphatic heterocycles. The molecule has 8 nitrogen and oxygen atoms in total. The standard InChI is InChI=1S/C48H40N4O4/c1-4-49-45(34-18-24-39(25-19-34)51(36-12-8-6-9-13-36)38-22-16-33(32-53)17-23-38)43-44(48(49)55)46(50(5-2)47(43)54)35-20-26-40(27-21-35)52(37-14-10-7-11-15-37)41-28-30-42(56-3)31-29-41/h6-32H,4-5H2,1-3H3. The minimum absolute atomic E-state index is 0.185. The summed E-state index contributed by atoms with van der Waals surface area (Å²) in [5.74, 6) is 0.402. The first-order valence-electron chi connectivity index (χ1n) is 18.7. The average molecular weight is 737 g/mol. The van der Waals surface area contributed by atoms with E-state index in [0.717, 1.165) is 57.3 Å². The highest BCUT2D eigenvalue weighted by Crippen LogP contribution is 2.47. The van der Waals surface area contributed by atoms with E-state index in [2.05, 4.69) is 21.9 Å². The molecule has 6 aromatic carbocycles. The molecule has 2 amide bonds. The number of amides is 2. The van der Waals surface area contributed by atoms with E-state index in [1.807, 2.05) is 147 Å². The van der Waals surface area contributed by atoms with Gasteiger partial charge < -0.3 is 24.3 Å². The Bertz CT molecular complexity index is 2460. The molecule has 8 heteroatoms. The fraction of sp³-hybridized carbons (Fsp3) is 0.104. The summed E-state index contributed by atoms with van der Waals surface area (Å²) in [6.07, 6.45) is 0.833. The third-order valence-electron chi connectivity index (χ3n) is 10.3. The number of carbonyl (C=O) groups is 3. The van der Waals surface area contributed by atoms with Gasteiger partial charge in [0, 0.05) is 52.8 Å². The third kappa shape index (κ3) is 6.31. The van der Waals surface area contributed by atoms with Gasteiger partial charge in [-0.05, 0) is 122 Å². The van der Waals surface area contributed by atoms with Crippen LogP contribution in [0.2, 0.25) is 0 Å². The Morgan fingerprint density at radius 3 is 1.16 bits per heavy atom. The molecule has 56 heavy (non-hydrogen) atoms. The lowest BCUT2D eigenvalue weighted by Gasteiger charge is -2.27. The van der Waals surface area contributed by atoms with E-state index in [9.17, 15) is 14.4 Å². The van der Waals surface area contributed by atoms with Crippen LogP contribution in [0.25, 0.3) is 11.4 Å². The zero-order valence-electron chi connectivity index (χ0n) is 31.4. The number of carbonyl (C=O) groups excluding carboxylic acids is 3. The lowest BCUT2D eigenvalue weighted by molar-refractivity contribution is -0.124. The van der Waals surface area contributed by atoms with E-state index < -0.39 is 0 Å². The Morgan fingerprint density at radius 1 is 0.482 bits per heavy atom. The van der Waals surface area contributed by atoms with Gasteiger partial charge >= 0.3 is 0 Å². The van der Waals surface area contributed by atoms with Gasteiger partial charge in [-0.2, -0.15) is 0 Å². The number of para-hydroxylation sites is 2. The fourth-order valence-corrected chi connectivity index (χ4v) is 7.62. The normalized spacial score (nSPS) is 13.7. The number of anilines is 6. The van der Waals surface area contributed by atoms with Crippen LogP contribution in [-0.4, -0.2) is 48.1 Å². The first-order valence-corrected chi connectivity index (χ1v) is 18.7. The lowest BCUT2D eigenvalue weighted by atomic mass is 10.0. The first kappa shape index (κ1) is 35.8.